The summed E-state index contributed by atoms with van der Waals surface area (Å²) in [6, 6.07) is 74.4. The molecule has 13 aromatic rings. The molecule has 310 valence electrons. The number of para-hydroxylation sites is 2. The number of benzene rings is 10. The van der Waals surface area contributed by atoms with Crippen LogP contribution in [0.15, 0.2) is 220 Å². The van der Waals surface area contributed by atoms with Crippen molar-refractivity contribution in [3.63, 3.8) is 0 Å². The third-order valence-electron chi connectivity index (χ3n) is 14.3. The second kappa shape index (κ2) is 13.8. The van der Waals surface area contributed by atoms with Crippen LogP contribution in [-0.2, 0) is 5.41 Å². The lowest BCUT2D eigenvalue weighted by Gasteiger charge is -2.21. The molecule has 0 saturated heterocycles. The highest BCUT2D eigenvalue weighted by Crippen LogP contribution is 2.50. The van der Waals surface area contributed by atoms with Gasteiger partial charge in [0.1, 0.15) is 33.5 Å². The van der Waals surface area contributed by atoms with Crippen molar-refractivity contribution in [2.75, 3.05) is 0 Å². The van der Waals surface area contributed by atoms with Crippen LogP contribution < -0.4 is 0 Å². The van der Waals surface area contributed by atoms with Crippen molar-refractivity contribution in [3.05, 3.63) is 217 Å². The molecule has 3 heterocycles. The lowest BCUT2D eigenvalue weighted by molar-refractivity contribution is 0.660. The summed E-state index contributed by atoms with van der Waals surface area (Å²) in [5.74, 6) is 0. The van der Waals surface area contributed by atoms with E-state index >= 15 is 0 Å². The Morgan fingerprint density at radius 3 is 1.41 bits per heavy atom. The van der Waals surface area contributed by atoms with E-state index in [1.165, 1.54) is 33.4 Å². The van der Waals surface area contributed by atoms with Gasteiger partial charge in [0, 0.05) is 37.7 Å². The minimum atomic E-state index is -0.00925. The van der Waals surface area contributed by atoms with Crippen molar-refractivity contribution in [2.24, 2.45) is 0 Å². The van der Waals surface area contributed by atoms with Crippen molar-refractivity contribution >= 4 is 65.8 Å². The Bertz CT molecular complexity index is 4130. The summed E-state index contributed by atoms with van der Waals surface area (Å²) in [6.07, 6.45) is 0. The van der Waals surface area contributed by atoms with Gasteiger partial charge in [-0.05, 0) is 151 Å². The maximum absolute atomic E-state index is 6.64. The molecule has 3 nitrogen and oxygen atoms in total. The van der Waals surface area contributed by atoms with Crippen molar-refractivity contribution in [3.8, 4) is 66.8 Å². The van der Waals surface area contributed by atoms with Crippen LogP contribution in [0.1, 0.15) is 25.0 Å². The van der Waals surface area contributed by atoms with Gasteiger partial charge in [-0.15, -0.1) is 0 Å². The average molecular weight is 845 g/mol. The molecule has 0 saturated carbocycles. The molecule has 0 spiro atoms. The standard InChI is InChI=1S/C63H40O3/c1-63(2)53-16-6-3-11-47(53)50-34-39(25-28-54(50)63)37-21-23-38(24-22-37)40-26-30-58-52(36-40)62-46(15-10-20-60(62)66-58)44-32-42(41-27-29-57-51(35-41)48-12-4-7-17-55(48)64-57)31-43(33-44)45-14-9-19-59-61(45)49-13-5-8-18-56(49)65-59/h3-36H,1-2H3. The van der Waals surface area contributed by atoms with Crippen LogP contribution in [-0.4, -0.2) is 0 Å². The van der Waals surface area contributed by atoms with Gasteiger partial charge in [0.25, 0.3) is 0 Å². The van der Waals surface area contributed by atoms with Crippen molar-refractivity contribution in [2.45, 2.75) is 19.3 Å². The molecule has 0 bridgehead atoms. The highest BCUT2D eigenvalue weighted by Gasteiger charge is 2.35. The summed E-state index contributed by atoms with van der Waals surface area (Å²) in [5, 5.41) is 6.61. The Morgan fingerprint density at radius 2 is 0.697 bits per heavy atom. The monoisotopic (exact) mass is 844 g/mol. The predicted octanol–water partition coefficient (Wildman–Crippen LogP) is 18.0. The Kier molecular flexibility index (Phi) is 7.74. The minimum absolute atomic E-state index is 0.00925. The van der Waals surface area contributed by atoms with Gasteiger partial charge in [-0.1, -0.05) is 147 Å². The molecule has 14 rings (SSSR count). The van der Waals surface area contributed by atoms with Gasteiger partial charge in [0.2, 0.25) is 0 Å². The van der Waals surface area contributed by atoms with Gasteiger partial charge >= 0.3 is 0 Å². The second-order valence-corrected chi connectivity index (χ2v) is 18.4. The molecule has 3 aromatic heterocycles. The first-order valence-electron chi connectivity index (χ1n) is 22.7. The first-order chi connectivity index (χ1) is 32.4. The summed E-state index contributed by atoms with van der Waals surface area (Å²) in [6.45, 7) is 4.66. The smallest absolute Gasteiger partial charge is 0.136 e. The molecule has 0 amide bonds. The number of fused-ring (bicyclic) bond motifs is 12. The van der Waals surface area contributed by atoms with E-state index in [0.29, 0.717) is 0 Å². The lowest BCUT2D eigenvalue weighted by atomic mass is 9.82. The molecule has 0 N–H and O–H groups in total. The van der Waals surface area contributed by atoms with Crippen LogP contribution in [0, 0.1) is 0 Å². The predicted molar refractivity (Wildman–Crippen MR) is 273 cm³/mol. The molecule has 0 unspecified atom stereocenters. The Labute approximate surface area is 380 Å². The average Bonchev–Trinajstić information content (AvgIpc) is 4.11. The first kappa shape index (κ1) is 37.0. The third-order valence-corrected chi connectivity index (χ3v) is 14.3. The Balaban J connectivity index is 0.913. The molecule has 1 aliphatic rings. The largest absolute Gasteiger partial charge is 0.456 e. The van der Waals surface area contributed by atoms with Gasteiger partial charge in [-0.2, -0.15) is 0 Å². The molecule has 0 aliphatic heterocycles. The number of rotatable bonds is 5. The first-order valence-corrected chi connectivity index (χ1v) is 22.7. The molecule has 0 fully saturated rings. The van der Waals surface area contributed by atoms with Crippen LogP contribution in [0.4, 0.5) is 0 Å². The molecular formula is C63H40O3. The maximum Gasteiger partial charge on any atom is 0.136 e. The quantitative estimate of drug-likeness (QED) is 0.173. The Morgan fingerprint density at radius 1 is 0.258 bits per heavy atom. The maximum atomic E-state index is 6.64. The zero-order valence-corrected chi connectivity index (χ0v) is 36.4. The number of hydrogen-bond donors (Lipinski definition) is 0. The third kappa shape index (κ3) is 5.50. The lowest BCUT2D eigenvalue weighted by Crippen LogP contribution is -2.14. The van der Waals surface area contributed by atoms with E-state index in [1.807, 2.05) is 24.3 Å². The molecular weight excluding hydrogens is 805 g/mol. The van der Waals surface area contributed by atoms with Crippen LogP contribution in [0.3, 0.4) is 0 Å². The van der Waals surface area contributed by atoms with E-state index in [1.54, 1.807) is 0 Å². The summed E-state index contributed by atoms with van der Waals surface area (Å²) >= 11 is 0. The van der Waals surface area contributed by atoms with Crippen LogP contribution in [0.25, 0.3) is 133 Å². The fourth-order valence-electron chi connectivity index (χ4n) is 11.0. The molecule has 1 aliphatic carbocycles. The van der Waals surface area contributed by atoms with E-state index in [0.717, 1.165) is 110 Å². The van der Waals surface area contributed by atoms with E-state index in [4.69, 9.17) is 13.3 Å². The van der Waals surface area contributed by atoms with Crippen molar-refractivity contribution in [1.82, 2.24) is 0 Å². The van der Waals surface area contributed by atoms with Gasteiger partial charge in [0.15, 0.2) is 0 Å². The zero-order chi connectivity index (χ0) is 43.7. The van der Waals surface area contributed by atoms with E-state index < -0.39 is 0 Å². The molecule has 66 heavy (non-hydrogen) atoms. The normalized spacial score (nSPS) is 13.1. The second-order valence-electron chi connectivity index (χ2n) is 18.4. The minimum Gasteiger partial charge on any atom is -0.456 e. The number of hydrogen-bond acceptors (Lipinski definition) is 3. The fraction of sp³-hybridized carbons (Fsp3) is 0.0476. The van der Waals surface area contributed by atoms with Gasteiger partial charge in [-0.25, -0.2) is 0 Å². The van der Waals surface area contributed by atoms with Gasteiger partial charge < -0.3 is 13.3 Å². The molecule has 0 radical (unpaired) electrons. The van der Waals surface area contributed by atoms with Crippen LogP contribution in [0.2, 0.25) is 0 Å². The zero-order valence-electron chi connectivity index (χ0n) is 36.4. The number of furan rings is 3. The summed E-state index contributed by atoms with van der Waals surface area (Å²) in [7, 11) is 0. The fourth-order valence-corrected chi connectivity index (χ4v) is 11.0. The SMILES string of the molecule is CC1(C)c2ccccc2-c2cc(-c3ccc(-c4ccc5oc6cccc(-c7cc(-c8ccc9oc%10ccccc%10c9c8)cc(-c8cccc9oc%10ccccc%10c89)c7)c6c5c4)cc3)ccc21. The van der Waals surface area contributed by atoms with Crippen LogP contribution in [0.5, 0.6) is 0 Å². The topological polar surface area (TPSA) is 39.4 Å². The molecule has 0 atom stereocenters. The summed E-state index contributed by atoms with van der Waals surface area (Å²) in [5.41, 5.74) is 22.1. The highest BCUT2D eigenvalue weighted by molar-refractivity contribution is 6.16. The van der Waals surface area contributed by atoms with Crippen molar-refractivity contribution in [1.29, 1.82) is 0 Å². The molecule has 3 heteroatoms. The van der Waals surface area contributed by atoms with E-state index in [2.05, 4.69) is 196 Å². The van der Waals surface area contributed by atoms with Crippen LogP contribution >= 0.6 is 0 Å². The molecule has 10 aromatic carbocycles. The van der Waals surface area contributed by atoms with E-state index in [9.17, 15) is 0 Å². The Hall–Kier alpha value is -8.40. The van der Waals surface area contributed by atoms with Crippen molar-refractivity contribution < 1.29 is 13.3 Å². The highest BCUT2D eigenvalue weighted by atomic mass is 16.3. The summed E-state index contributed by atoms with van der Waals surface area (Å²) < 4.78 is 19.3. The summed E-state index contributed by atoms with van der Waals surface area (Å²) in [4.78, 5) is 0. The van der Waals surface area contributed by atoms with Gasteiger partial charge in [-0.3, -0.25) is 0 Å². The van der Waals surface area contributed by atoms with E-state index in [-0.39, 0.29) is 5.41 Å². The van der Waals surface area contributed by atoms with Gasteiger partial charge in [0.05, 0.1) is 0 Å².